The third kappa shape index (κ3) is 6.30. The van der Waals surface area contributed by atoms with Gasteiger partial charge in [0.25, 0.3) is 0 Å². The first-order valence-corrected chi connectivity index (χ1v) is 7.99. The Labute approximate surface area is 129 Å². The van der Waals surface area contributed by atoms with Gasteiger partial charge in [0.15, 0.2) is 0 Å². The first kappa shape index (κ1) is 17.7. The second-order valence-electron chi connectivity index (χ2n) is 6.18. The van der Waals surface area contributed by atoms with Crippen LogP contribution < -0.4 is 0 Å². The predicted molar refractivity (Wildman–Crippen MR) is 87.4 cm³/mol. The van der Waals surface area contributed by atoms with Gasteiger partial charge in [-0.2, -0.15) is 0 Å². The van der Waals surface area contributed by atoms with Gasteiger partial charge in [0.05, 0.1) is 6.42 Å². The Hall–Kier alpha value is -1.35. The number of nitrogens with zero attached hydrogens (tertiary/aromatic N) is 1. The molecule has 118 valence electrons. The molecular formula is C18H29NO2. The highest BCUT2D eigenvalue weighted by atomic mass is 16.4. The van der Waals surface area contributed by atoms with Gasteiger partial charge in [-0.1, -0.05) is 52.0 Å². The Balaban J connectivity index is 2.75. The molecule has 0 unspecified atom stereocenters. The van der Waals surface area contributed by atoms with E-state index in [0.717, 1.165) is 18.7 Å². The molecule has 21 heavy (non-hydrogen) atoms. The van der Waals surface area contributed by atoms with Crippen molar-refractivity contribution in [3.05, 3.63) is 35.4 Å². The van der Waals surface area contributed by atoms with Gasteiger partial charge in [-0.25, -0.2) is 0 Å². The average molecular weight is 291 g/mol. The van der Waals surface area contributed by atoms with E-state index in [4.69, 9.17) is 5.11 Å². The Morgan fingerprint density at radius 3 is 2.05 bits per heavy atom. The molecule has 0 radical (unpaired) electrons. The Morgan fingerprint density at radius 2 is 1.62 bits per heavy atom. The van der Waals surface area contributed by atoms with Crippen LogP contribution in [0.25, 0.3) is 0 Å². The summed E-state index contributed by atoms with van der Waals surface area (Å²) in [5.74, 6) is -0.127. The van der Waals surface area contributed by atoms with E-state index >= 15 is 0 Å². The molecular weight excluding hydrogens is 262 g/mol. The molecule has 0 aliphatic carbocycles. The standard InChI is InChI=1S/C18H29NO2/c1-5-17(6-2)19(12-14(3)4)13-16-9-7-15(8-10-16)11-18(20)21/h7-10,14,17H,5-6,11-13H2,1-4H3,(H,20,21). The number of hydrogen-bond acceptors (Lipinski definition) is 2. The van der Waals surface area contributed by atoms with Crippen LogP contribution in [0.4, 0.5) is 0 Å². The van der Waals surface area contributed by atoms with Crippen molar-refractivity contribution in [2.75, 3.05) is 6.54 Å². The van der Waals surface area contributed by atoms with Gasteiger partial charge in [0, 0.05) is 19.1 Å². The molecule has 0 spiro atoms. The molecule has 0 bridgehead atoms. The van der Waals surface area contributed by atoms with Crippen molar-refractivity contribution >= 4 is 5.97 Å². The van der Waals surface area contributed by atoms with E-state index in [0.29, 0.717) is 12.0 Å². The maximum atomic E-state index is 10.7. The topological polar surface area (TPSA) is 40.5 Å². The van der Waals surface area contributed by atoms with Gasteiger partial charge in [0.1, 0.15) is 0 Å². The minimum atomic E-state index is -0.777. The SMILES string of the molecule is CCC(CC)N(Cc1ccc(CC(=O)O)cc1)CC(C)C. The molecule has 0 saturated carbocycles. The van der Waals surface area contributed by atoms with Crippen molar-refractivity contribution < 1.29 is 9.90 Å². The number of carboxylic acids is 1. The van der Waals surface area contributed by atoms with Gasteiger partial charge in [-0.3, -0.25) is 9.69 Å². The van der Waals surface area contributed by atoms with Crippen LogP contribution in [0.3, 0.4) is 0 Å². The zero-order valence-electron chi connectivity index (χ0n) is 13.8. The summed E-state index contributed by atoms with van der Waals surface area (Å²) in [5.41, 5.74) is 2.13. The van der Waals surface area contributed by atoms with Crippen molar-refractivity contribution in [3.63, 3.8) is 0 Å². The fourth-order valence-electron chi connectivity index (χ4n) is 2.79. The van der Waals surface area contributed by atoms with E-state index in [2.05, 4.69) is 44.7 Å². The smallest absolute Gasteiger partial charge is 0.307 e. The van der Waals surface area contributed by atoms with Crippen molar-refractivity contribution in [2.24, 2.45) is 5.92 Å². The molecule has 0 aliphatic heterocycles. The van der Waals surface area contributed by atoms with Crippen LogP contribution in [-0.2, 0) is 17.8 Å². The summed E-state index contributed by atoms with van der Waals surface area (Å²) in [6.45, 7) is 11.0. The second kappa shape index (κ2) is 8.83. The van der Waals surface area contributed by atoms with Gasteiger partial charge in [-0.15, -0.1) is 0 Å². The third-order valence-corrected chi connectivity index (χ3v) is 3.82. The summed E-state index contributed by atoms with van der Waals surface area (Å²) in [7, 11) is 0. The molecule has 0 fully saturated rings. The summed E-state index contributed by atoms with van der Waals surface area (Å²) in [4.78, 5) is 13.3. The van der Waals surface area contributed by atoms with Crippen LogP contribution in [-0.4, -0.2) is 28.6 Å². The highest BCUT2D eigenvalue weighted by molar-refractivity contribution is 5.70. The van der Waals surface area contributed by atoms with E-state index in [9.17, 15) is 4.79 Å². The zero-order chi connectivity index (χ0) is 15.8. The Bertz CT molecular complexity index is 421. The van der Waals surface area contributed by atoms with Crippen molar-refractivity contribution in [1.29, 1.82) is 0 Å². The van der Waals surface area contributed by atoms with Gasteiger partial charge >= 0.3 is 5.97 Å². The van der Waals surface area contributed by atoms with E-state index in [1.54, 1.807) is 0 Å². The monoisotopic (exact) mass is 291 g/mol. The first-order valence-electron chi connectivity index (χ1n) is 7.99. The number of carboxylic acid groups (broad SMARTS) is 1. The maximum absolute atomic E-state index is 10.7. The normalized spacial score (nSPS) is 11.6. The summed E-state index contributed by atoms with van der Waals surface area (Å²) >= 11 is 0. The number of hydrogen-bond donors (Lipinski definition) is 1. The van der Waals surface area contributed by atoms with Crippen molar-refractivity contribution in [1.82, 2.24) is 4.90 Å². The molecule has 0 aromatic heterocycles. The number of benzene rings is 1. The molecule has 0 aliphatic rings. The van der Waals surface area contributed by atoms with Crippen LogP contribution in [0.1, 0.15) is 51.7 Å². The Morgan fingerprint density at radius 1 is 1.10 bits per heavy atom. The molecule has 0 saturated heterocycles. The van der Waals surface area contributed by atoms with Crippen LogP contribution in [0.15, 0.2) is 24.3 Å². The van der Waals surface area contributed by atoms with Gasteiger partial charge < -0.3 is 5.11 Å². The molecule has 0 heterocycles. The molecule has 0 amide bonds. The predicted octanol–water partition coefficient (Wildman–Crippen LogP) is 3.96. The summed E-state index contributed by atoms with van der Waals surface area (Å²) in [6.07, 6.45) is 2.43. The summed E-state index contributed by atoms with van der Waals surface area (Å²) < 4.78 is 0. The van der Waals surface area contributed by atoms with E-state index in [1.807, 2.05) is 12.1 Å². The number of aliphatic carboxylic acids is 1. The van der Waals surface area contributed by atoms with Crippen LogP contribution in [0.2, 0.25) is 0 Å². The van der Waals surface area contributed by atoms with Crippen LogP contribution in [0, 0.1) is 5.92 Å². The zero-order valence-corrected chi connectivity index (χ0v) is 13.8. The fraction of sp³-hybridized carbons (Fsp3) is 0.611. The molecule has 3 nitrogen and oxygen atoms in total. The van der Waals surface area contributed by atoms with Crippen molar-refractivity contribution in [3.8, 4) is 0 Å². The molecule has 0 atom stereocenters. The minimum Gasteiger partial charge on any atom is -0.481 e. The Kier molecular flexibility index (Phi) is 7.44. The molecule has 1 aromatic rings. The van der Waals surface area contributed by atoms with Crippen LogP contribution in [0.5, 0.6) is 0 Å². The quantitative estimate of drug-likeness (QED) is 0.748. The van der Waals surface area contributed by atoms with E-state index in [-0.39, 0.29) is 6.42 Å². The summed E-state index contributed by atoms with van der Waals surface area (Å²) in [5, 5.41) is 8.81. The first-order chi connectivity index (χ1) is 9.96. The highest BCUT2D eigenvalue weighted by Gasteiger charge is 2.16. The highest BCUT2D eigenvalue weighted by Crippen LogP contribution is 2.16. The van der Waals surface area contributed by atoms with Crippen molar-refractivity contribution in [2.45, 2.75) is 59.5 Å². The third-order valence-electron chi connectivity index (χ3n) is 3.82. The molecule has 1 N–H and O–H groups in total. The molecule has 1 aromatic carbocycles. The molecule has 1 rings (SSSR count). The lowest BCUT2D eigenvalue weighted by Crippen LogP contribution is -2.36. The largest absolute Gasteiger partial charge is 0.481 e. The number of rotatable bonds is 9. The fourth-order valence-corrected chi connectivity index (χ4v) is 2.79. The van der Waals surface area contributed by atoms with E-state index < -0.39 is 5.97 Å². The van der Waals surface area contributed by atoms with Gasteiger partial charge in [0.2, 0.25) is 0 Å². The second-order valence-corrected chi connectivity index (χ2v) is 6.18. The van der Waals surface area contributed by atoms with Crippen LogP contribution >= 0.6 is 0 Å². The molecule has 3 heteroatoms. The lowest BCUT2D eigenvalue weighted by atomic mass is 10.0. The lowest BCUT2D eigenvalue weighted by molar-refractivity contribution is -0.136. The summed E-state index contributed by atoms with van der Waals surface area (Å²) in [6, 6.07) is 8.61. The minimum absolute atomic E-state index is 0.0997. The van der Waals surface area contributed by atoms with E-state index in [1.165, 1.54) is 18.4 Å². The lowest BCUT2D eigenvalue weighted by Gasteiger charge is -2.32. The maximum Gasteiger partial charge on any atom is 0.307 e. The number of carbonyl (C=O) groups is 1. The average Bonchev–Trinajstić information content (AvgIpc) is 2.41. The van der Waals surface area contributed by atoms with Gasteiger partial charge in [-0.05, 0) is 29.9 Å².